The van der Waals surface area contributed by atoms with Crippen molar-refractivity contribution in [3.63, 3.8) is 0 Å². The smallest absolute Gasteiger partial charge is 0.344 e. The molecule has 4 rings (SSSR count). The van der Waals surface area contributed by atoms with Crippen molar-refractivity contribution < 1.29 is 31.1 Å². The Kier molecular flexibility index (Phi) is 6.18. The molecule has 0 unspecified atom stereocenters. The van der Waals surface area contributed by atoms with Crippen molar-refractivity contribution >= 4 is 16.9 Å². The summed E-state index contributed by atoms with van der Waals surface area (Å²) in [4.78, 5) is 26.1. The largest absolute Gasteiger partial charge is 0.416 e. The number of rotatable bonds is 4. The van der Waals surface area contributed by atoms with E-state index in [1.807, 2.05) is 0 Å². The minimum Gasteiger partial charge on any atom is -0.344 e. The standard InChI is InChI=1S/C24H16F6N4O/c1-13(32-22(35)14-10-15(23(25,26)27)12-16(11-14)24(28,29)30)20-21(19-8-4-5-9-31-19)34-18-7-3-2-6-17(18)33-20/h2-13H,1H3,(H,32,35)/t13-/m0/s1. The van der Waals surface area contributed by atoms with Crippen LogP contribution in [0, 0.1) is 0 Å². The van der Waals surface area contributed by atoms with Crippen molar-refractivity contribution in [2.24, 2.45) is 0 Å². The number of hydrogen-bond acceptors (Lipinski definition) is 4. The Morgan fingerprint density at radius 1 is 0.829 bits per heavy atom. The van der Waals surface area contributed by atoms with E-state index < -0.39 is 41.0 Å². The van der Waals surface area contributed by atoms with E-state index in [4.69, 9.17) is 0 Å². The summed E-state index contributed by atoms with van der Waals surface area (Å²) in [6.45, 7) is 1.50. The maximum atomic E-state index is 13.2. The van der Waals surface area contributed by atoms with Crippen molar-refractivity contribution in [1.29, 1.82) is 0 Å². The average Bonchev–Trinajstić information content (AvgIpc) is 2.82. The quantitative estimate of drug-likeness (QED) is 0.345. The summed E-state index contributed by atoms with van der Waals surface area (Å²) >= 11 is 0. The third-order valence-corrected chi connectivity index (χ3v) is 5.11. The van der Waals surface area contributed by atoms with E-state index >= 15 is 0 Å². The second kappa shape index (κ2) is 8.97. The molecule has 2 aromatic carbocycles. The van der Waals surface area contributed by atoms with Gasteiger partial charge in [-0.2, -0.15) is 26.3 Å². The van der Waals surface area contributed by atoms with Gasteiger partial charge in [0.25, 0.3) is 5.91 Å². The van der Waals surface area contributed by atoms with E-state index in [0.29, 0.717) is 34.6 Å². The van der Waals surface area contributed by atoms with E-state index in [0.717, 1.165) is 0 Å². The van der Waals surface area contributed by atoms with Crippen LogP contribution in [-0.4, -0.2) is 20.9 Å². The number of amides is 1. The monoisotopic (exact) mass is 490 g/mol. The van der Waals surface area contributed by atoms with E-state index in [1.54, 1.807) is 42.5 Å². The molecule has 4 aromatic rings. The second-order valence-electron chi connectivity index (χ2n) is 7.65. The van der Waals surface area contributed by atoms with Gasteiger partial charge in [-0.15, -0.1) is 0 Å². The van der Waals surface area contributed by atoms with Crippen LogP contribution in [0.1, 0.15) is 40.1 Å². The highest BCUT2D eigenvalue weighted by atomic mass is 19.4. The van der Waals surface area contributed by atoms with Gasteiger partial charge < -0.3 is 5.32 Å². The first-order valence-corrected chi connectivity index (χ1v) is 10.2. The molecule has 0 aliphatic rings. The summed E-state index contributed by atoms with van der Waals surface area (Å²) in [7, 11) is 0. The van der Waals surface area contributed by atoms with Gasteiger partial charge in [-0.1, -0.05) is 18.2 Å². The molecule has 5 nitrogen and oxygen atoms in total. The SMILES string of the molecule is C[C@H](NC(=O)c1cc(C(F)(F)F)cc(C(F)(F)F)c1)c1nc2ccccc2nc1-c1ccccn1. The number of carbonyl (C=O) groups is 1. The number of fused-ring (bicyclic) bond motifs is 1. The minimum absolute atomic E-state index is 0.0335. The number of nitrogens with one attached hydrogen (secondary N) is 1. The molecule has 180 valence electrons. The first-order valence-electron chi connectivity index (χ1n) is 10.2. The number of nitrogens with zero attached hydrogens (tertiary/aromatic N) is 3. The van der Waals surface area contributed by atoms with Crippen LogP contribution >= 0.6 is 0 Å². The van der Waals surface area contributed by atoms with Gasteiger partial charge in [0, 0.05) is 11.8 Å². The Morgan fingerprint density at radius 3 is 1.94 bits per heavy atom. The Labute approximate surface area is 194 Å². The molecule has 0 saturated heterocycles. The van der Waals surface area contributed by atoms with Gasteiger partial charge in [0.2, 0.25) is 0 Å². The molecule has 1 amide bonds. The second-order valence-corrected chi connectivity index (χ2v) is 7.65. The molecular formula is C24H16F6N4O. The Bertz CT molecular complexity index is 1350. The molecule has 1 atom stereocenters. The van der Waals surface area contributed by atoms with Crippen LogP contribution in [-0.2, 0) is 12.4 Å². The Hall–Kier alpha value is -4.02. The summed E-state index contributed by atoms with van der Waals surface area (Å²) < 4.78 is 79.1. The maximum absolute atomic E-state index is 13.2. The molecule has 0 saturated carbocycles. The molecule has 2 heterocycles. The Balaban J connectivity index is 1.74. The fourth-order valence-electron chi connectivity index (χ4n) is 3.44. The molecular weight excluding hydrogens is 474 g/mol. The summed E-state index contributed by atoms with van der Waals surface area (Å²) in [5.41, 5.74) is -1.91. The van der Waals surface area contributed by atoms with Gasteiger partial charge in [-0.3, -0.25) is 9.78 Å². The number of aromatic nitrogens is 3. The fraction of sp³-hybridized carbons (Fsp3) is 0.167. The molecule has 0 aliphatic heterocycles. The lowest BCUT2D eigenvalue weighted by molar-refractivity contribution is -0.143. The highest BCUT2D eigenvalue weighted by Gasteiger charge is 2.37. The lowest BCUT2D eigenvalue weighted by Gasteiger charge is -2.18. The molecule has 0 bridgehead atoms. The van der Waals surface area contributed by atoms with Crippen LogP contribution in [0.4, 0.5) is 26.3 Å². The molecule has 2 aromatic heterocycles. The van der Waals surface area contributed by atoms with Crippen LogP contribution < -0.4 is 5.32 Å². The third kappa shape index (κ3) is 5.23. The minimum atomic E-state index is -5.07. The zero-order valence-electron chi connectivity index (χ0n) is 17.9. The topological polar surface area (TPSA) is 67.8 Å². The van der Waals surface area contributed by atoms with Crippen LogP contribution in [0.15, 0.2) is 66.9 Å². The number of pyridine rings is 1. The fourth-order valence-corrected chi connectivity index (χ4v) is 3.44. The van der Waals surface area contributed by atoms with Crippen LogP contribution in [0.25, 0.3) is 22.4 Å². The van der Waals surface area contributed by atoms with Crippen molar-refractivity contribution in [1.82, 2.24) is 20.3 Å². The Morgan fingerprint density at radius 2 is 1.40 bits per heavy atom. The molecule has 0 spiro atoms. The average molecular weight is 490 g/mol. The summed E-state index contributed by atoms with van der Waals surface area (Å²) in [6.07, 6.45) is -8.61. The van der Waals surface area contributed by atoms with Gasteiger partial charge in [-0.25, -0.2) is 9.97 Å². The molecule has 35 heavy (non-hydrogen) atoms. The predicted molar refractivity (Wildman–Crippen MR) is 115 cm³/mol. The summed E-state index contributed by atoms with van der Waals surface area (Å²) in [6, 6.07) is 11.8. The lowest BCUT2D eigenvalue weighted by atomic mass is 10.0. The number of hydrogen-bond donors (Lipinski definition) is 1. The van der Waals surface area contributed by atoms with Crippen molar-refractivity contribution in [2.75, 3.05) is 0 Å². The maximum Gasteiger partial charge on any atom is 0.416 e. The zero-order valence-corrected chi connectivity index (χ0v) is 17.9. The van der Waals surface area contributed by atoms with Gasteiger partial charge in [-0.05, 0) is 49.4 Å². The highest BCUT2D eigenvalue weighted by Crippen LogP contribution is 2.36. The van der Waals surface area contributed by atoms with Gasteiger partial charge in [0.05, 0.1) is 39.6 Å². The first kappa shape index (κ1) is 24.1. The number of para-hydroxylation sites is 2. The number of alkyl halides is 6. The van der Waals surface area contributed by atoms with E-state index in [2.05, 4.69) is 20.3 Å². The van der Waals surface area contributed by atoms with Crippen LogP contribution in [0.3, 0.4) is 0 Å². The van der Waals surface area contributed by atoms with Crippen molar-refractivity contribution in [3.8, 4) is 11.4 Å². The number of benzene rings is 2. The number of carbonyl (C=O) groups excluding carboxylic acids is 1. The molecule has 0 fully saturated rings. The predicted octanol–water partition coefficient (Wildman–Crippen LogP) is 6.22. The van der Waals surface area contributed by atoms with Crippen LogP contribution in [0.5, 0.6) is 0 Å². The van der Waals surface area contributed by atoms with E-state index in [9.17, 15) is 31.1 Å². The molecule has 0 aliphatic carbocycles. The lowest BCUT2D eigenvalue weighted by Crippen LogP contribution is -2.28. The molecule has 0 radical (unpaired) electrons. The van der Waals surface area contributed by atoms with E-state index in [1.165, 1.54) is 13.1 Å². The van der Waals surface area contributed by atoms with Crippen molar-refractivity contribution in [2.45, 2.75) is 25.3 Å². The van der Waals surface area contributed by atoms with Gasteiger partial charge >= 0.3 is 12.4 Å². The third-order valence-electron chi connectivity index (χ3n) is 5.11. The van der Waals surface area contributed by atoms with Crippen molar-refractivity contribution in [3.05, 3.63) is 89.2 Å². The van der Waals surface area contributed by atoms with Gasteiger partial charge in [0.1, 0.15) is 5.69 Å². The molecule has 11 heteroatoms. The number of halogens is 6. The zero-order chi connectivity index (χ0) is 25.4. The summed E-state index contributed by atoms with van der Waals surface area (Å²) in [5.74, 6) is -1.13. The van der Waals surface area contributed by atoms with Crippen LogP contribution in [0.2, 0.25) is 0 Å². The van der Waals surface area contributed by atoms with E-state index in [-0.39, 0.29) is 11.8 Å². The molecule has 1 N–H and O–H groups in total. The summed E-state index contributed by atoms with van der Waals surface area (Å²) in [5, 5.41) is 2.44. The first-order chi connectivity index (χ1) is 16.4. The highest BCUT2D eigenvalue weighted by molar-refractivity contribution is 5.95. The normalized spacial score (nSPS) is 13.0. The van der Waals surface area contributed by atoms with Gasteiger partial charge in [0.15, 0.2) is 0 Å².